The van der Waals surface area contributed by atoms with Gasteiger partial charge in [-0.1, -0.05) is 11.6 Å². The van der Waals surface area contributed by atoms with Crippen LogP contribution >= 0.6 is 11.6 Å². The van der Waals surface area contributed by atoms with Crippen LogP contribution in [0.1, 0.15) is 30.1 Å². The van der Waals surface area contributed by atoms with Crippen LogP contribution in [0.2, 0.25) is 5.15 Å². The van der Waals surface area contributed by atoms with Crippen LogP contribution in [-0.4, -0.2) is 15.0 Å². The standard InChI is InChI=1S/C13H12ClN3/c1-8-11(10-3-2-6-15-7-10)16-13(9-4-5-9)17-12(8)14/h2-3,6-7,9H,4-5H2,1H3. The summed E-state index contributed by atoms with van der Waals surface area (Å²) in [5.41, 5.74) is 2.82. The third kappa shape index (κ3) is 2.03. The van der Waals surface area contributed by atoms with Crippen LogP contribution in [0, 0.1) is 6.92 Å². The SMILES string of the molecule is Cc1c(Cl)nc(C2CC2)nc1-c1cccnc1. The van der Waals surface area contributed by atoms with Gasteiger partial charge in [-0.25, -0.2) is 9.97 Å². The van der Waals surface area contributed by atoms with Crippen LogP contribution in [0.4, 0.5) is 0 Å². The summed E-state index contributed by atoms with van der Waals surface area (Å²) in [5, 5.41) is 0.556. The van der Waals surface area contributed by atoms with E-state index in [-0.39, 0.29) is 0 Å². The van der Waals surface area contributed by atoms with Crippen LogP contribution < -0.4 is 0 Å². The lowest BCUT2D eigenvalue weighted by molar-refractivity contribution is 0.921. The summed E-state index contributed by atoms with van der Waals surface area (Å²) < 4.78 is 0. The van der Waals surface area contributed by atoms with Crippen LogP contribution in [0.5, 0.6) is 0 Å². The number of halogens is 1. The Hall–Kier alpha value is -1.48. The van der Waals surface area contributed by atoms with Crippen molar-refractivity contribution < 1.29 is 0 Å². The first kappa shape index (κ1) is 10.7. The Morgan fingerprint density at radius 1 is 1.29 bits per heavy atom. The molecule has 0 N–H and O–H groups in total. The van der Waals surface area contributed by atoms with E-state index >= 15 is 0 Å². The molecule has 1 fully saturated rings. The van der Waals surface area contributed by atoms with Gasteiger partial charge in [0.25, 0.3) is 0 Å². The molecular formula is C13H12ClN3. The minimum Gasteiger partial charge on any atom is -0.264 e. The molecule has 2 heterocycles. The van der Waals surface area contributed by atoms with E-state index < -0.39 is 0 Å². The normalized spacial score (nSPS) is 14.9. The van der Waals surface area contributed by atoms with Gasteiger partial charge in [-0.3, -0.25) is 4.98 Å². The van der Waals surface area contributed by atoms with Gasteiger partial charge in [0.05, 0.1) is 5.69 Å². The second kappa shape index (κ2) is 4.08. The lowest BCUT2D eigenvalue weighted by Crippen LogP contribution is -1.99. The number of hydrogen-bond acceptors (Lipinski definition) is 3. The van der Waals surface area contributed by atoms with Crippen molar-refractivity contribution in [3.8, 4) is 11.3 Å². The van der Waals surface area contributed by atoms with Gasteiger partial charge >= 0.3 is 0 Å². The summed E-state index contributed by atoms with van der Waals surface area (Å²) in [7, 11) is 0. The van der Waals surface area contributed by atoms with Crippen molar-refractivity contribution in [2.75, 3.05) is 0 Å². The third-order valence-electron chi connectivity index (χ3n) is 2.98. The van der Waals surface area contributed by atoms with Gasteiger partial charge in [-0.2, -0.15) is 0 Å². The number of nitrogens with zero attached hydrogens (tertiary/aromatic N) is 3. The molecule has 1 aliphatic carbocycles. The Morgan fingerprint density at radius 2 is 2.12 bits per heavy atom. The van der Waals surface area contributed by atoms with Gasteiger partial charge in [0, 0.05) is 29.4 Å². The van der Waals surface area contributed by atoms with Gasteiger partial charge in [0.2, 0.25) is 0 Å². The molecule has 0 amide bonds. The molecule has 0 saturated heterocycles. The highest BCUT2D eigenvalue weighted by molar-refractivity contribution is 6.30. The minimum atomic E-state index is 0.503. The minimum absolute atomic E-state index is 0.503. The molecule has 0 aliphatic heterocycles. The summed E-state index contributed by atoms with van der Waals surface area (Å²) in [4.78, 5) is 13.1. The topological polar surface area (TPSA) is 38.7 Å². The molecule has 0 spiro atoms. The second-order valence-corrected chi connectivity index (χ2v) is 4.72. The van der Waals surface area contributed by atoms with E-state index in [1.165, 1.54) is 12.8 Å². The average molecular weight is 246 g/mol. The van der Waals surface area contributed by atoms with Crippen molar-refractivity contribution in [1.29, 1.82) is 0 Å². The van der Waals surface area contributed by atoms with E-state index in [1.807, 2.05) is 25.3 Å². The fourth-order valence-electron chi connectivity index (χ4n) is 1.81. The Bertz CT molecular complexity index is 550. The van der Waals surface area contributed by atoms with Crippen molar-refractivity contribution in [2.45, 2.75) is 25.7 Å². The van der Waals surface area contributed by atoms with E-state index in [0.717, 1.165) is 22.6 Å². The lowest BCUT2D eigenvalue weighted by atomic mass is 10.1. The molecule has 86 valence electrons. The monoisotopic (exact) mass is 245 g/mol. The maximum Gasteiger partial charge on any atom is 0.136 e. The van der Waals surface area contributed by atoms with E-state index in [1.54, 1.807) is 6.20 Å². The first-order valence-electron chi connectivity index (χ1n) is 5.70. The molecule has 4 heteroatoms. The van der Waals surface area contributed by atoms with E-state index in [9.17, 15) is 0 Å². The second-order valence-electron chi connectivity index (χ2n) is 4.36. The zero-order chi connectivity index (χ0) is 11.8. The predicted molar refractivity (Wildman–Crippen MR) is 67.0 cm³/mol. The fraction of sp³-hybridized carbons (Fsp3) is 0.308. The van der Waals surface area contributed by atoms with Gasteiger partial charge < -0.3 is 0 Å². The molecule has 0 atom stereocenters. The summed E-state index contributed by atoms with van der Waals surface area (Å²) in [6.45, 7) is 1.95. The van der Waals surface area contributed by atoms with Crippen molar-refractivity contribution in [3.05, 3.63) is 41.1 Å². The van der Waals surface area contributed by atoms with Gasteiger partial charge in [-0.05, 0) is 31.9 Å². The highest BCUT2D eigenvalue weighted by atomic mass is 35.5. The smallest absolute Gasteiger partial charge is 0.136 e. The molecule has 1 saturated carbocycles. The molecule has 2 aromatic rings. The first-order chi connectivity index (χ1) is 8.25. The lowest BCUT2D eigenvalue weighted by Gasteiger charge is -2.08. The fourth-order valence-corrected chi connectivity index (χ4v) is 1.99. The van der Waals surface area contributed by atoms with Crippen molar-refractivity contribution in [3.63, 3.8) is 0 Å². The summed E-state index contributed by atoms with van der Waals surface area (Å²) >= 11 is 6.17. The van der Waals surface area contributed by atoms with E-state index in [2.05, 4.69) is 15.0 Å². The van der Waals surface area contributed by atoms with E-state index in [4.69, 9.17) is 11.6 Å². The molecule has 3 nitrogen and oxygen atoms in total. The van der Waals surface area contributed by atoms with Crippen LogP contribution in [0.25, 0.3) is 11.3 Å². The highest BCUT2D eigenvalue weighted by Gasteiger charge is 2.28. The maximum atomic E-state index is 6.17. The Balaban J connectivity index is 2.14. The van der Waals surface area contributed by atoms with Crippen molar-refractivity contribution in [2.24, 2.45) is 0 Å². The number of pyridine rings is 1. The van der Waals surface area contributed by atoms with E-state index in [0.29, 0.717) is 11.1 Å². The van der Waals surface area contributed by atoms with Crippen LogP contribution in [0.3, 0.4) is 0 Å². The molecule has 0 bridgehead atoms. The largest absolute Gasteiger partial charge is 0.264 e. The first-order valence-corrected chi connectivity index (χ1v) is 6.08. The molecule has 0 radical (unpaired) electrons. The molecule has 1 aliphatic rings. The number of rotatable bonds is 2. The maximum absolute atomic E-state index is 6.17. The molecule has 0 unspecified atom stereocenters. The summed E-state index contributed by atoms with van der Waals surface area (Å²) in [6.07, 6.45) is 5.91. The zero-order valence-corrected chi connectivity index (χ0v) is 10.3. The van der Waals surface area contributed by atoms with Crippen molar-refractivity contribution in [1.82, 2.24) is 15.0 Å². The quantitative estimate of drug-likeness (QED) is 0.762. The molecule has 0 aromatic carbocycles. The number of hydrogen-bond donors (Lipinski definition) is 0. The predicted octanol–water partition coefficient (Wildman–Crippen LogP) is 3.38. The third-order valence-corrected chi connectivity index (χ3v) is 3.35. The molecule has 2 aromatic heterocycles. The number of aromatic nitrogens is 3. The molecule has 3 rings (SSSR count). The Labute approximate surface area is 105 Å². The Morgan fingerprint density at radius 3 is 2.76 bits per heavy atom. The zero-order valence-electron chi connectivity index (χ0n) is 9.52. The molecule has 17 heavy (non-hydrogen) atoms. The van der Waals surface area contributed by atoms with Gasteiger partial charge in [0.1, 0.15) is 11.0 Å². The highest BCUT2D eigenvalue weighted by Crippen LogP contribution is 2.39. The summed E-state index contributed by atoms with van der Waals surface area (Å²) in [5.74, 6) is 1.38. The Kier molecular flexibility index (Phi) is 2.56. The molecular weight excluding hydrogens is 234 g/mol. The van der Waals surface area contributed by atoms with Crippen LogP contribution in [-0.2, 0) is 0 Å². The van der Waals surface area contributed by atoms with Crippen molar-refractivity contribution >= 4 is 11.6 Å². The van der Waals surface area contributed by atoms with Gasteiger partial charge in [-0.15, -0.1) is 0 Å². The van der Waals surface area contributed by atoms with Gasteiger partial charge in [0.15, 0.2) is 0 Å². The summed E-state index contributed by atoms with van der Waals surface area (Å²) in [6, 6.07) is 3.90. The average Bonchev–Trinajstić information content (AvgIpc) is 3.18. The van der Waals surface area contributed by atoms with Crippen LogP contribution in [0.15, 0.2) is 24.5 Å².